The summed E-state index contributed by atoms with van der Waals surface area (Å²) >= 11 is 0. The molecule has 4 atom stereocenters. The molecule has 3 unspecified atom stereocenters. The predicted octanol–water partition coefficient (Wildman–Crippen LogP) is 4.57. The minimum absolute atomic E-state index is 0.0255. The second-order valence-electron chi connectivity index (χ2n) is 11.3. The average molecular weight is 565 g/mol. The Morgan fingerprint density at radius 3 is 2.41 bits per heavy atom. The van der Waals surface area contributed by atoms with E-state index in [0.29, 0.717) is 10.5 Å². The molecule has 3 aromatic rings. The summed E-state index contributed by atoms with van der Waals surface area (Å²) in [7, 11) is -2.12. The number of halogens is 4. The van der Waals surface area contributed by atoms with Crippen LogP contribution >= 0.6 is 0 Å². The van der Waals surface area contributed by atoms with Gasteiger partial charge in [0.05, 0.1) is 17.2 Å². The first-order chi connectivity index (χ1) is 18.3. The van der Waals surface area contributed by atoms with Crippen LogP contribution in [0.1, 0.15) is 67.0 Å². The van der Waals surface area contributed by atoms with Crippen LogP contribution in [-0.4, -0.2) is 58.6 Å². The van der Waals surface area contributed by atoms with Gasteiger partial charge in [0.2, 0.25) is 11.9 Å². The number of amides is 1. The molecule has 2 fully saturated rings. The maximum absolute atomic E-state index is 14.3. The molecule has 6 rings (SSSR count). The SMILES string of the molecule is CN(C(=O)C1CCS(=O)(=O)CC1)[C@@H](c1ccc(C2c3cnc4cc(F)nn4c3C3(C)CCC23)cc1)C(F)(F)F. The predicted molar refractivity (Wildman–Crippen MR) is 134 cm³/mol. The van der Waals surface area contributed by atoms with Crippen molar-refractivity contribution in [2.45, 2.75) is 56.2 Å². The number of hydrogen-bond acceptors (Lipinski definition) is 5. The summed E-state index contributed by atoms with van der Waals surface area (Å²) in [6, 6.07) is 5.29. The Labute approximate surface area is 223 Å². The van der Waals surface area contributed by atoms with E-state index in [0.717, 1.165) is 36.7 Å². The van der Waals surface area contributed by atoms with Gasteiger partial charge in [-0.15, -0.1) is 5.10 Å². The molecule has 2 aromatic heterocycles. The maximum Gasteiger partial charge on any atom is 0.413 e. The minimum Gasteiger partial charge on any atom is -0.330 e. The first-order valence-corrected chi connectivity index (χ1v) is 14.8. The van der Waals surface area contributed by atoms with Gasteiger partial charge in [-0.2, -0.15) is 17.6 Å². The third kappa shape index (κ3) is 4.13. The normalized spacial score (nSPS) is 27.0. The number of alkyl halides is 3. The monoisotopic (exact) mass is 564 g/mol. The number of nitrogens with zero attached hydrogens (tertiary/aromatic N) is 4. The molecule has 2 aliphatic carbocycles. The Morgan fingerprint density at radius 1 is 1.15 bits per heavy atom. The van der Waals surface area contributed by atoms with Crippen molar-refractivity contribution in [1.82, 2.24) is 19.5 Å². The highest BCUT2D eigenvalue weighted by molar-refractivity contribution is 7.91. The Bertz CT molecular complexity index is 1560. The molecule has 0 spiro atoms. The van der Waals surface area contributed by atoms with Crippen LogP contribution in [0.4, 0.5) is 17.6 Å². The van der Waals surface area contributed by atoms with Crippen LogP contribution in [0.15, 0.2) is 36.5 Å². The lowest BCUT2D eigenvalue weighted by atomic mass is 9.59. The molecule has 3 heterocycles. The molecule has 0 radical (unpaired) electrons. The summed E-state index contributed by atoms with van der Waals surface area (Å²) in [5.74, 6) is -2.41. The van der Waals surface area contributed by atoms with Crippen LogP contribution in [0.3, 0.4) is 0 Å². The van der Waals surface area contributed by atoms with Crippen molar-refractivity contribution >= 4 is 21.4 Å². The Kier molecular flexibility index (Phi) is 5.87. The third-order valence-electron chi connectivity index (χ3n) is 9.11. The van der Waals surface area contributed by atoms with Gasteiger partial charge in [0.15, 0.2) is 11.7 Å². The number of sulfone groups is 1. The number of carbonyl (C=O) groups excluding carboxylic acids is 1. The van der Waals surface area contributed by atoms with E-state index < -0.39 is 39.8 Å². The summed E-state index contributed by atoms with van der Waals surface area (Å²) in [5.41, 5.74) is 2.74. The standard InChI is InChI=1S/C27H28F4N4O3S/c1-26-10-7-19(26)22(18-14-32-21-13-20(28)33-35(21)24(18)26)15-3-5-16(6-4-15)23(27(29,30)31)34(2)25(36)17-8-11-39(37,38)12-9-17/h3-6,13-14,17,19,22-23H,7-12H2,1-2H3/t19?,22?,23-,26?/m0/s1. The molecule has 0 bridgehead atoms. The zero-order valence-electron chi connectivity index (χ0n) is 21.4. The number of rotatable bonds is 4. The Morgan fingerprint density at radius 2 is 1.82 bits per heavy atom. The molecule has 208 valence electrons. The molecule has 39 heavy (non-hydrogen) atoms. The van der Waals surface area contributed by atoms with E-state index in [9.17, 15) is 30.8 Å². The Balaban J connectivity index is 1.31. The van der Waals surface area contributed by atoms with Crippen molar-refractivity contribution in [3.63, 3.8) is 0 Å². The topological polar surface area (TPSA) is 84.6 Å². The van der Waals surface area contributed by atoms with Crippen molar-refractivity contribution < 1.29 is 30.8 Å². The molecular formula is C27H28F4N4O3S. The van der Waals surface area contributed by atoms with Crippen LogP contribution in [0, 0.1) is 17.8 Å². The van der Waals surface area contributed by atoms with E-state index in [4.69, 9.17) is 0 Å². The van der Waals surface area contributed by atoms with E-state index >= 15 is 0 Å². The van der Waals surface area contributed by atoms with Crippen LogP contribution in [0.2, 0.25) is 0 Å². The van der Waals surface area contributed by atoms with E-state index in [-0.39, 0.29) is 47.2 Å². The van der Waals surface area contributed by atoms with Crippen LogP contribution in [0.25, 0.3) is 5.65 Å². The molecule has 1 saturated heterocycles. The molecule has 12 heteroatoms. The van der Waals surface area contributed by atoms with E-state index in [1.165, 1.54) is 18.2 Å². The Hall–Kier alpha value is -3.02. The maximum atomic E-state index is 14.3. The van der Waals surface area contributed by atoms with Gasteiger partial charge in [0.1, 0.15) is 9.84 Å². The number of carbonyl (C=O) groups is 1. The molecule has 3 aliphatic rings. The van der Waals surface area contributed by atoms with Gasteiger partial charge in [-0.3, -0.25) is 4.79 Å². The first kappa shape index (κ1) is 26.2. The smallest absolute Gasteiger partial charge is 0.330 e. The molecule has 1 aromatic carbocycles. The summed E-state index contributed by atoms with van der Waals surface area (Å²) in [6.07, 6.45) is -1.13. The van der Waals surface area contributed by atoms with E-state index in [2.05, 4.69) is 17.0 Å². The van der Waals surface area contributed by atoms with Gasteiger partial charge in [0, 0.05) is 42.1 Å². The van der Waals surface area contributed by atoms with Crippen molar-refractivity contribution in [2.75, 3.05) is 18.6 Å². The molecular weight excluding hydrogens is 536 g/mol. The zero-order chi connectivity index (χ0) is 27.9. The van der Waals surface area contributed by atoms with Gasteiger partial charge in [-0.1, -0.05) is 31.2 Å². The number of aromatic nitrogens is 3. The van der Waals surface area contributed by atoms with Crippen LogP contribution in [-0.2, 0) is 20.0 Å². The van der Waals surface area contributed by atoms with Crippen molar-refractivity contribution in [3.05, 3.63) is 64.9 Å². The number of fused-ring (bicyclic) bond motifs is 5. The van der Waals surface area contributed by atoms with Gasteiger partial charge in [-0.05, 0) is 42.7 Å². The summed E-state index contributed by atoms with van der Waals surface area (Å²) < 4.78 is 81.8. The van der Waals surface area contributed by atoms with Crippen molar-refractivity contribution in [1.29, 1.82) is 0 Å². The van der Waals surface area contributed by atoms with Gasteiger partial charge < -0.3 is 4.90 Å². The fourth-order valence-corrected chi connectivity index (χ4v) is 8.48. The minimum atomic E-state index is -4.72. The molecule has 7 nitrogen and oxygen atoms in total. The van der Waals surface area contributed by atoms with Crippen molar-refractivity contribution in [2.24, 2.45) is 11.8 Å². The van der Waals surface area contributed by atoms with Gasteiger partial charge in [0.25, 0.3) is 0 Å². The summed E-state index contributed by atoms with van der Waals surface area (Å²) in [4.78, 5) is 18.1. The van der Waals surface area contributed by atoms with Crippen LogP contribution < -0.4 is 0 Å². The fraction of sp³-hybridized carbons (Fsp3) is 0.519. The lowest BCUT2D eigenvalue weighted by Gasteiger charge is -2.44. The lowest BCUT2D eigenvalue weighted by molar-refractivity contribution is -0.190. The van der Waals surface area contributed by atoms with Gasteiger partial charge >= 0.3 is 6.18 Å². The highest BCUT2D eigenvalue weighted by Gasteiger charge is 2.57. The largest absolute Gasteiger partial charge is 0.413 e. The average Bonchev–Trinajstić information content (AvgIpc) is 3.31. The van der Waals surface area contributed by atoms with E-state index in [1.54, 1.807) is 22.8 Å². The first-order valence-electron chi connectivity index (χ1n) is 13.0. The molecule has 0 N–H and O–H groups in total. The molecule has 1 saturated carbocycles. The second kappa shape index (κ2) is 8.74. The summed E-state index contributed by atoms with van der Waals surface area (Å²) in [5, 5.41) is 4.02. The highest BCUT2D eigenvalue weighted by atomic mass is 32.2. The van der Waals surface area contributed by atoms with E-state index in [1.807, 2.05) is 0 Å². The molecule has 1 aliphatic heterocycles. The van der Waals surface area contributed by atoms with Crippen LogP contribution in [0.5, 0.6) is 0 Å². The third-order valence-corrected chi connectivity index (χ3v) is 10.8. The number of benzene rings is 1. The highest BCUT2D eigenvalue weighted by Crippen LogP contribution is 2.63. The zero-order valence-corrected chi connectivity index (χ0v) is 22.3. The van der Waals surface area contributed by atoms with Crippen molar-refractivity contribution in [3.8, 4) is 0 Å². The summed E-state index contributed by atoms with van der Waals surface area (Å²) in [6.45, 7) is 2.12. The number of hydrogen-bond donors (Lipinski definition) is 0. The quantitative estimate of drug-likeness (QED) is 0.434. The lowest BCUT2D eigenvalue weighted by Crippen LogP contribution is -2.44. The molecule has 1 amide bonds. The van der Waals surface area contributed by atoms with Gasteiger partial charge in [-0.25, -0.2) is 17.9 Å². The fourth-order valence-electron chi connectivity index (χ4n) is 6.99. The second-order valence-corrected chi connectivity index (χ2v) is 13.6.